The number of nitrogens with zero attached hydrogens (tertiary/aromatic N) is 2. The molecular weight excluding hydrogens is 1910 g/mol. The Balaban J connectivity index is 0.849. The molecular formula is C87H144N6O49. The zero-order valence-electron chi connectivity index (χ0n) is 78.7. The lowest BCUT2D eigenvalue weighted by Gasteiger charge is -2.46. The number of hydrogen-bond acceptors (Lipinski definition) is 50. The number of unbranched alkanes of at least 4 members (excludes halogenated alkanes) is 4. The Morgan fingerprint density at radius 2 is 0.662 bits per heavy atom. The number of ether oxygens (including phenoxy) is 14. The topological polar surface area (TPSA) is 846 Å². The molecule has 8 fully saturated rings. The van der Waals surface area contributed by atoms with Gasteiger partial charge in [0, 0.05) is 103 Å². The molecule has 8 heterocycles. The first-order valence-electron chi connectivity index (χ1n) is 47.9. The van der Waals surface area contributed by atoms with Crippen molar-refractivity contribution in [1.82, 2.24) is 31.2 Å². The van der Waals surface area contributed by atoms with Gasteiger partial charge in [0.15, 0.2) is 44.0 Å². The summed E-state index contributed by atoms with van der Waals surface area (Å²) in [5.41, 5.74) is 0. The molecule has 0 aromatic carbocycles. The number of nitrogens with one attached hydrogen (secondary N) is 4. The Kier molecular flexibility index (Phi) is 51.9. The number of hydroxylamine groups is 2. The highest BCUT2D eigenvalue weighted by Crippen LogP contribution is 2.36. The second-order valence-corrected chi connectivity index (χ2v) is 36.3. The summed E-state index contributed by atoms with van der Waals surface area (Å²) in [6, 6.07) is 0. The predicted molar refractivity (Wildman–Crippen MR) is 464 cm³/mol. The molecule has 0 aromatic heterocycles. The lowest BCUT2D eigenvalue weighted by molar-refractivity contribution is -0.366. The van der Waals surface area contributed by atoms with Crippen LogP contribution in [-0.4, -0.2) is 512 Å². The smallest absolute Gasteiger partial charge is 0.333 e. The van der Waals surface area contributed by atoms with Crippen molar-refractivity contribution in [3.8, 4) is 0 Å². The lowest BCUT2D eigenvalue weighted by atomic mass is 9.95. The van der Waals surface area contributed by atoms with Crippen molar-refractivity contribution in [1.29, 1.82) is 0 Å². The minimum atomic E-state index is -2.03. The van der Waals surface area contributed by atoms with Gasteiger partial charge < -0.3 is 210 Å². The number of ketones is 4. The maximum atomic E-state index is 14.4. The van der Waals surface area contributed by atoms with Crippen LogP contribution in [0.1, 0.15) is 155 Å². The molecule has 55 heteroatoms. The van der Waals surface area contributed by atoms with Crippen molar-refractivity contribution in [2.45, 2.75) is 370 Å². The van der Waals surface area contributed by atoms with Crippen LogP contribution in [0.2, 0.25) is 0 Å². The molecule has 0 spiro atoms. The van der Waals surface area contributed by atoms with Gasteiger partial charge >= 0.3 is 5.97 Å². The molecule has 55 nitrogen and oxygen atoms in total. The van der Waals surface area contributed by atoms with Gasteiger partial charge in [-0.15, -0.1) is 5.06 Å². The van der Waals surface area contributed by atoms with E-state index in [1.807, 2.05) is 0 Å². The summed E-state index contributed by atoms with van der Waals surface area (Å²) in [5.74, 6) is -7.61. The van der Waals surface area contributed by atoms with Crippen molar-refractivity contribution in [2.24, 2.45) is 5.92 Å². The fourth-order valence-electron chi connectivity index (χ4n) is 16.7. The summed E-state index contributed by atoms with van der Waals surface area (Å²) in [6.45, 7) is -5.93. The molecule has 0 aliphatic carbocycles. The van der Waals surface area contributed by atoms with E-state index in [1.54, 1.807) is 0 Å². The largest absolute Gasteiger partial charge is 0.394 e. The van der Waals surface area contributed by atoms with Crippen LogP contribution in [0.4, 0.5) is 0 Å². The average molecular weight is 2060 g/mol. The van der Waals surface area contributed by atoms with Gasteiger partial charge in [-0.3, -0.25) is 52.8 Å². The van der Waals surface area contributed by atoms with Gasteiger partial charge in [0.2, 0.25) is 23.6 Å². The van der Waals surface area contributed by atoms with Gasteiger partial charge in [0.1, 0.15) is 188 Å². The number of aliphatic hydroxyl groups is 23. The lowest BCUT2D eigenvalue weighted by Crippen LogP contribution is -2.65. The molecule has 36 atom stereocenters. The molecule has 0 saturated carbocycles. The number of amides is 6. The van der Waals surface area contributed by atoms with E-state index in [2.05, 4.69) is 21.3 Å². The van der Waals surface area contributed by atoms with Crippen LogP contribution in [0.15, 0.2) is 0 Å². The monoisotopic (exact) mass is 2060 g/mol. The standard InChI is InChI=1S/C87H144N6O49/c1-41-59(108)66(115)71(120)81(133-41)128-28-11-17-44(99)14-8-26-88-53(102)21-20-42(80(127)91-27-9-15-45(100)18-12-30-130-85-77(126)79(141-87-75(124)70(119)63(112)50(38-97)137-87)65(114)52(139-85)40-132-83-73(122)68(117)61(110)48(36-95)135-83)31-46(101)32-92(34-55(104)90-25-7-3-5-19-58(107)142-93-56(105)22-23-57(93)106)33-54(103)89-24-6-2-4-13-43(98)16-10-29-129-84-76(125)78(140-86-74(123)69(118)62(111)49(37-96)136-86)64(113)51(138-84)39-131-82-72(121)67(116)60(109)47(35-94)134-82/h41-42,47-52,59-79,81-87,94-97,108-126H,2-40H2,1H3,(H,88,102)(H,89,103)(H,90,104)(H,91,127)/t41-,42+,47+,48+,49+,50+,51+,52+,59+,60+,61+,62+,63+,64+,65+,66+,67-,68-,69-,70-,71-,72-,73-,74-,75-,76-,77-,78-,79-,81+,82-,83-,84-,85-,86+,87+/m0/s1. The van der Waals surface area contributed by atoms with E-state index < -0.39 is 334 Å². The summed E-state index contributed by atoms with van der Waals surface area (Å²) in [6.07, 6.45) is -60.0. The minimum Gasteiger partial charge on any atom is -0.394 e. The van der Waals surface area contributed by atoms with E-state index in [4.69, 9.17) is 71.2 Å². The van der Waals surface area contributed by atoms with Crippen molar-refractivity contribution in [3.05, 3.63) is 0 Å². The third kappa shape index (κ3) is 36.3. The van der Waals surface area contributed by atoms with Gasteiger partial charge in [0.05, 0.1) is 85.2 Å². The second-order valence-electron chi connectivity index (χ2n) is 36.3. The first-order valence-corrected chi connectivity index (χ1v) is 47.9. The van der Waals surface area contributed by atoms with Gasteiger partial charge in [-0.2, -0.15) is 0 Å². The Morgan fingerprint density at radius 1 is 0.331 bits per heavy atom. The highest BCUT2D eigenvalue weighted by atomic mass is 16.8. The van der Waals surface area contributed by atoms with Crippen LogP contribution < -0.4 is 21.3 Å². The summed E-state index contributed by atoms with van der Waals surface area (Å²) >= 11 is 0. The van der Waals surface area contributed by atoms with Gasteiger partial charge in [-0.05, 0) is 71.1 Å². The zero-order chi connectivity index (χ0) is 104. The summed E-state index contributed by atoms with van der Waals surface area (Å²) in [5, 5.41) is 252. The number of imide groups is 1. The molecule has 0 radical (unpaired) electrons. The Bertz CT molecular complexity index is 3850. The molecule has 0 bridgehead atoms. The molecule has 0 aromatic rings. The Labute approximate surface area is 814 Å². The fourth-order valence-corrected chi connectivity index (χ4v) is 16.7. The van der Waals surface area contributed by atoms with E-state index in [9.17, 15) is 170 Å². The Morgan fingerprint density at radius 3 is 1.07 bits per heavy atom. The molecule has 816 valence electrons. The van der Waals surface area contributed by atoms with Crippen LogP contribution >= 0.6 is 0 Å². The minimum absolute atomic E-state index is 0.000812. The molecule has 6 amide bonds. The molecule has 8 rings (SSSR count). The first-order chi connectivity index (χ1) is 67.6. The highest BCUT2D eigenvalue weighted by Gasteiger charge is 2.56. The number of carbonyl (C=O) groups excluding carboxylic acids is 11. The molecule has 0 unspecified atom stereocenters. The molecule has 8 aliphatic heterocycles. The number of Topliss-reactive ketones (excluding diaryl/α,β-unsaturated/α-hetero) is 4. The van der Waals surface area contributed by atoms with Crippen LogP contribution in [0, 0.1) is 5.92 Å². The summed E-state index contributed by atoms with van der Waals surface area (Å²) in [7, 11) is 0. The van der Waals surface area contributed by atoms with Crippen LogP contribution in [0.3, 0.4) is 0 Å². The van der Waals surface area contributed by atoms with Crippen molar-refractivity contribution >= 4 is 64.5 Å². The van der Waals surface area contributed by atoms with E-state index in [0.29, 0.717) is 37.2 Å². The quantitative estimate of drug-likeness (QED) is 0.0199. The van der Waals surface area contributed by atoms with Crippen LogP contribution in [0.5, 0.6) is 0 Å². The Hall–Kier alpha value is -6.35. The fraction of sp³-hybridized carbons (Fsp3) is 0.874. The van der Waals surface area contributed by atoms with E-state index in [-0.39, 0.29) is 173 Å². The van der Waals surface area contributed by atoms with Gasteiger partial charge in [0.25, 0.3) is 11.8 Å². The zero-order valence-corrected chi connectivity index (χ0v) is 78.7. The van der Waals surface area contributed by atoms with Gasteiger partial charge in [-0.25, -0.2) is 4.79 Å². The molecule has 142 heavy (non-hydrogen) atoms. The summed E-state index contributed by atoms with van der Waals surface area (Å²) < 4.78 is 78.5. The number of carbonyl (C=O) groups is 11. The van der Waals surface area contributed by atoms with Gasteiger partial charge in [-0.1, -0.05) is 12.8 Å². The number of rotatable bonds is 62. The second kappa shape index (κ2) is 60.9. The number of hydrogen-bond donors (Lipinski definition) is 27. The molecule has 8 saturated heterocycles. The molecule has 8 aliphatic rings. The number of aliphatic hydroxyl groups excluding tert-OH is 23. The third-order valence-corrected chi connectivity index (χ3v) is 25.2. The SMILES string of the molecule is C[C@@H]1O[C@@H](OCCCC(=O)CCCNC(=O)CC[C@H](CC(=O)CN(CC(=O)NCCCCCC(=O)CCCO[C@H]2O[C@H](CO[C@H]3O[C@H](CO)[C@@H](O)[C@H](O)[C@@H]3O)[C@@H](O)[C@H](O[C@H]3O[C@H](CO)[C@@H](O)[C@H](O)[C@@H]3O)[C@@H]2O)CC(=O)NCCCCCC(=O)ON2C(=O)CCC2=O)C(=O)NCCCC(=O)CCCO[C@H]2O[C@H](CO[C@H]3O[C@H](CO)[C@@H](O)[C@H](O)[C@@H]3O)[C@@H](O)[C@H](O[C@H]3O[C@H](CO)[C@@H](O)[C@H](O)[C@@H]3O)[C@@H]2O)[C@@H](O)[C@H](O)[C@@H]1O. The van der Waals surface area contributed by atoms with Crippen LogP contribution in [-0.2, 0) is 124 Å². The first kappa shape index (κ1) is 121. The van der Waals surface area contributed by atoms with Crippen molar-refractivity contribution in [3.63, 3.8) is 0 Å². The van der Waals surface area contributed by atoms with E-state index in [1.165, 1.54) is 11.8 Å². The maximum absolute atomic E-state index is 14.4. The third-order valence-electron chi connectivity index (χ3n) is 25.2. The predicted octanol–water partition coefficient (Wildman–Crippen LogP) is -13.8. The van der Waals surface area contributed by atoms with Crippen LogP contribution in [0.25, 0.3) is 0 Å². The van der Waals surface area contributed by atoms with Crippen molar-refractivity contribution in [2.75, 3.05) is 105 Å². The van der Waals surface area contributed by atoms with E-state index >= 15 is 0 Å². The average Bonchev–Trinajstić information content (AvgIpc) is 0.823. The maximum Gasteiger partial charge on any atom is 0.333 e. The normalized spacial score (nSPS) is 35.3. The van der Waals surface area contributed by atoms with Crippen molar-refractivity contribution < 1.29 is 241 Å². The summed E-state index contributed by atoms with van der Waals surface area (Å²) in [4.78, 5) is 151. The van der Waals surface area contributed by atoms with E-state index in [0.717, 1.165) is 0 Å². The highest BCUT2D eigenvalue weighted by molar-refractivity contribution is 6.01. The molecule has 27 N–H and O–H groups in total.